The molecule has 6 nitrogen and oxygen atoms in total. The third-order valence-electron chi connectivity index (χ3n) is 1.49. The number of nitro benzene ring substituents is 1. The monoisotopic (exact) mass is 194 g/mol. The molecule has 1 aromatic rings. The minimum absolute atomic E-state index is 0.00113. The quantitative estimate of drug-likeness (QED) is 0.365. The highest BCUT2D eigenvalue weighted by Crippen LogP contribution is 2.09. The molecular formula is C8H8N3O3+. The van der Waals surface area contributed by atoms with Crippen LogP contribution < -0.4 is 10.7 Å². The van der Waals surface area contributed by atoms with Crippen molar-refractivity contribution in [2.45, 2.75) is 0 Å². The summed E-state index contributed by atoms with van der Waals surface area (Å²) in [5, 5.41) is 10.3. The first-order valence-electron chi connectivity index (χ1n) is 3.73. The molecule has 0 bridgehead atoms. The van der Waals surface area contributed by atoms with Crippen LogP contribution in [0.1, 0.15) is 5.56 Å². The average Bonchev–Trinajstić information content (AvgIpc) is 2.15. The molecule has 0 atom stereocenters. The lowest BCUT2D eigenvalue weighted by molar-refractivity contribution is -0.384. The molecule has 0 aromatic heterocycles. The molecule has 3 N–H and O–H groups in total. The van der Waals surface area contributed by atoms with Crippen LogP contribution in [0.15, 0.2) is 24.3 Å². The van der Waals surface area contributed by atoms with E-state index >= 15 is 0 Å². The van der Waals surface area contributed by atoms with E-state index in [1.807, 2.05) is 0 Å². The molecule has 0 spiro atoms. The van der Waals surface area contributed by atoms with E-state index in [2.05, 4.69) is 4.99 Å². The smallest absolute Gasteiger partial charge is 0.258 e. The van der Waals surface area contributed by atoms with Crippen molar-refractivity contribution in [2.24, 2.45) is 5.73 Å². The van der Waals surface area contributed by atoms with Gasteiger partial charge in [-0.3, -0.25) is 15.8 Å². The summed E-state index contributed by atoms with van der Waals surface area (Å²) < 4.78 is 0. The number of carbonyl (C=O) groups excluding carboxylic acids is 1. The number of primary amides is 1. The third-order valence-corrected chi connectivity index (χ3v) is 1.49. The lowest BCUT2D eigenvalue weighted by atomic mass is 10.2. The van der Waals surface area contributed by atoms with E-state index in [9.17, 15) is 14.9 Å². The molecule has 72 valence electrons. The summed E-state index contributed by atoms with van der Waals surface area (Å²) >= 11 is 0. The summed E-state index contributed by atoms with van der Waals surface area (Å²) in [6, 6.07) is 5.02. The zero-order chi connectivity index (χ0) is 10.6. The molecule has 0 aliphatic rings. The van der Waals surface area contributed by atoms with Crippen LogP contribution in [0.25, 0.3) is 0 Å². The maximum atomic E-state index is 10.3. The van der Waals surface area contributed by atoms with Crippen molar-refractivity contribution in [1.82, 2.24) is 0 Å². The molecule has 0 aliphatic carbocycles. The van der Waals surface area contributed by atoms with Gasteiger partial charge in [-0.05, 0) is 12.1 Å². The molecular weight excluding hydrogens is 186 g/mol. The molecule has 0 radical (unpaired) electrons. The zero-order valence-electron chi connectivity index (χ0n) is 7.14. The number of hydrogen-bond acceptors (Lipinski definition) is 3. The van der Waals surface area contributed by atoms with Crippen LogP contribution in [0, 0.1) is 10.1 Å². The van der Waals surface area contributed by atoms with E-state index < -0.39 is 11.0 Å². The predicted molar refractivity (Wildman–Crippen MR) is 48.8 cm³/mol. The van der Waals surface area contributed by atoms with E-state index in [1.165, 1.54) is 30.5 Å². The van der Waals surface area contributed by atoms with Gasteiger partial charge < -0.3 is 0 Å². The van der Waals surface area contributed by atoms with Crippen LogP contribution in [0.3, 0.4) is 0 Å². The molecule has 0 fully saturated rings. The van der Waals surface area contributed by atoms with Gasteiger partial charge in [-0.1, -0.05) is 0 Å². The van der Waals surface area contributed by atoms with E-state index in [-0.39, 0.29) is 5.69 Å². The Hall–Kier alpha value is -2.24. The van der Waals surface area contributed by atoms with Crippen molar-refractivity contribution >= 4 is 17.9 Å². The fourth-order valence-electron chi connectivity index (χ4n) is 0.847. The second-order valence-corrected chi connectivity index (χ2v) is 2.50. The van der Waals surface area contributed by atoms with Crippen LogP contribution in [0.2, 0.25) is 0 Å². The average molecular weight is 194 g/mol. The summed E-state index contributed by atoms with van der Waals surface area (Å²) in [5.41, 5.74) is 5.46. The largest absolute Gasteiger partial charge is 0.486 e. The second kappa shape index (κ2) is 4.13. The number of nitrogens with two attached hydrogens (primary N) is 1. The zero-order valence-corrected chi connectivity index (χ0v) is 7.14. The molecule has 1 aromatic carbocycles. The van der Waals surface area contributed by atoms with E-state index in [4.69, 9.17) is 5.73 Å². The number of hydrogen-bond donors (Lipinski definition) is 2. The number of non-ortho nitro benzene ring substituents is 1. The summed E-state index contributed by atoms with van der Waals surface area (Å²) in [5.74, 6) is 0. The van der Waals surface area contributed by atoms with Gasteiger partial charge in [0.2, 0.25) is 0 Å². The minimum atomic E-state index is -0.677. The Morgan fingerprint density at radius 2 is 2.00 bits per heavy atom. The standard InChI is InChI=1S/C8H7N3O3/c9-8(12)10-5-6-1-3-7(4-2-6)11(13)14/h1-5H,(H2,9,12)/p+1/b10-5-. The summed E-state index contributed by atoms with van der Waals surface area (Å²) in [4.78, 5) is 22.4. The summed E-state index contributed by atoms with van der Waals surface area (Å²) in [6.07, 6.45) is 1.37. The molecule has 2 amide bonds. The Morgan fingerprint density at radius 1 is 1.43 bits per heavy atom. The molecule has 14 heavy (non-hydrogen) atoms. The predicted octanol–water partition coefficient (Wildman–Crippen LogP) is -0.827. The van der Waals surface area contributed by atoms with Gasteiger partial charge in [-0.15, -0.1) is 0 Å². The Labute approximate surface area is 79.2 Å². The molecule has 0 heterocycles. The van der Waals surface area contributed by atoms with Crippen molar-refractivity contribution in [3.8, 4) is 0 Å². The number of urea groups is 1. The van der Waals surface area contributed by atoms with Crippen LogP contribution in [0.5, 0.6) is 0 Å². The number of benzene rings is 1. The van der Waals surface area contributed by atoms with Crippen LogP contribution in [-0.2, 0) is 0 Å². The van der Waals surface area contributed by atoms with Gasteiger partial charge in [0, 0.05) is 17.7 Å². The normalized spacial score (nSPS) is 10.3. The number of rotatable bonds is 2. The van der Waals surface area contributed by atoms with E-state index in [0.29, 0.717) is 5.56 Å². The molecule has 6 heteroatoms. The maximum Gasteiger partial charge on any atom is 0.486 e. The SMILES string of the molecule is NC(=O)/[NH+]=C\c1ccc([N+](=O)[O-])cc1. The highest BCUT2D eigenvalue weighted by molar-refractivity contribution is 5.79. The Balaban J connectivity index is 2.83. The third kappa shape index (κ3) is 2.67. The Bertz CT molecular complexity index is 383. The highest BCUT2D eigenvalue weighted by Gasteiger charge is 2.03. The van der Waals surface area contributed by atoms with E-state index in [0.717, 1.165) is 0 Å². The first-order valence-corrected chi connectivity index (χ1v) is 3.73. The summed E-state index contributed by atoms with van der Waals surface area (Å²) in [6.45, 7) is 0. The molecule has 0 saturated carbocycles. The maximum absolute atomic E-state index is 10.3. The van der Waals surface area contributed by atoms with E-state index in [1.54, 1.807) is 0 Å². The van der Waals surface area contributed by atoms with Crippen LogP contribution in [0.4, 0.5) is 10.5 Å². The minimum Gasteiger partial charge on any atom is -0.258 e. The number of nitrogens with one attached hydrogen (secondary N) is 1. The lowest BCUT2D eigenvalue weighted by Crippen LogP contribution is -2.76. The fourth-order valence-corrected chi connectivity index (χ4v) is 0.847. The summed E-state index contributed by atoms with van der Waals surface area (Å²) in [7, 11) is 0. The lowest BCUT2D eigenvalue weighted by Gasteiger charge is -1.90. The van der Waals surface area contributed by atoms with Crippen molar-refractivity contribution < 1.29 is 14.7 Å². The second-order valence-electron chi connectivity index (χ2n) is 2.50. The molecule has 1 rings (SSSR count). The van der Waals surface area contributed by atoms with Crippen molar-refractivity contribution in [3.63, 3.8) is 0 Å². The number of nitrogens with zero attached hydrogens (tertiary/aromatic N) is 1. The highest BCUT2D eigenvalue weighted by atomic mass is 16.6. The Morgan fingerprint density at radius 3 is 2.43 bits per heavy atom. The van der Waals surface area contributed by atoms with Gasteiger partial charge >= 0.3 is 6.03 Å². The van der Waals surface area contributed by atoms with Crippen LogP contribution >= 0.6 is 0 Å². The van der Waals surface area contributed by atoms with Gasteiger partial charge in [-0.25, -0.2) is 4.99 Å². The number of carbonyl (C=O) groups is 1. The van der Waals surface area contributed by atoms with Gasteiger partial charge in [0.1, 0.15) is 0 Å². The Kier molecular flexibility index (Phi) is 2.90. The fraction of sp³-hybridized carbons (Fsp3) is 0. The topological polar surface area (TPSA) is 100 Å². The molecule has 0 aliphatic heterocycles. The van der Waals surface area contributed by atoms with Gasteiger partial charge in [0.05, 0.1) is 11.1 Å². The van der Waals surface area contributed by atoms with Crippen molar-refractivity contribution in [2.75, 3.05) is 0 Å². The van der Waals surface area contributed by atoms with Crippen molar-refractivity contribution in [3.05, 3.63) is 39.9 Å². The number of amides is 2. The van der Waals surface area contributed by atoms with Gasteiger partial charge in [0.25, 0.3) is 5.69 Å². The van der Waals surface area contributed by atoms with Crippen LogP contribution in [-0.4, -0.2) is 17.2 Å². The first-order chi connectivity index (χ1) is 6.59. The molecule has 0 unspecified atom stereocenters. The van der Waals surface area contributed by atoms with Gasteiger partial charge in [0.15, 0.2) is 0 Å². The number of nitro groups is 1. The van der Waals surface area contributed by atoms with Gasteiger partial charge in [-0.2, -0.15) is 4.79 Å². The van der Waals surface area contributed by atoms with Crippen molar-refractivity contribution in [1.29, 1.82) is 0 Å². The first kappa shape index (κ1) is 9.85. The molecule has 0 saturated heterocycles.